The molecule has 0 radical (unpaired) electrons. The number of benzene rings is 2. The van der Waals surface area contributed by atoms with Crippen LogP contribution in [0.25, 0.3) is 0 Å². The second-order valence-electron chi connectivity index (χ2n) is 6.22. The van der Waals surface area contributed by atoms with Gasteiger partial charge in [0.05, 0.1) is 18.6 Å². The van der Waals surface area contributed by atoms with E-state index in [9.17, 15) is 14.4 Å². The predicted molar refractivity (Wildman–Crippen MR) is 96.4 cm³/mol. The summed E-state index contributed by atoms with van der Waals surface area (Å²) < 4.78 is 4.68. The van der Waals surface area contributed by atoms with Crippen molar-refractivity contribution in [2.24, 2.45) is 5.92 Å². The SMILES string of the molecule is COC(=O)c1cccc(NC(=O)[C@H]2CC(=O)N(Cc3ccccc3)C2)c1. The highest BCUT2D eigenvalue weighted by Gasteiger charge is 2.34. The van der Waals surface area contributed by atoms with Gasteiger partial charge in [-0.15, -0.1) is 0 Å². The van der Waals surface area contributed by atoms with Gasteiger partial charge in [-0.1, -0.05) is 36.4 Å². The van der Waals surface area contributed by atoms with Gasteiger partial charge in [0.2, 0.25) is 11.8 Å². The van der Waals surface area contributed by atoms with Gasteiger partial charge in [-0.05, 0) is 23.8 Å². The normalized spacial score (nSPS) is 16.4. The van der Waals surface area contributed by atoms with Crippen LogP contribution in [-0.2, 0) is 20.9 Å². The summed E-state index contributed by atoms with van der Waals surface area (Å²) in [6.45, 7) is 0.886. The van der Waals surface area contributed by atoms with Gasteiger partial charge in [0.15, 0.2) is 0 Å². The molecule has 0 bridgehead atoms. The number of esters is 1. The maximum Gasteiger partial charge on any atom is 0.337 e. The van der Waals surface area contributed by atoms with Crippen molar-refractivity contribution in [1.29, 1.82) is 0 Å². The molecule has 0 spiro atoms. The van der Waals surface area contributed by atoms with Crippen LogP contribution in [0.1, 0.15) is 22.3 Å². The molecule has 1 heterocycles. The van der Waals surface area contributed by atoms with Gasteiger partial charge in [-0.2, -0.15) is 0 Å². The lowest BCUT2D eigenvalue weighted by Crippen LogP contribution is -2.28. The molecule has 3 rings (SSSR count). The molecule has 2 aromatic carbocycles. The Morgan fingerprint density at radius 3 is 2.65 bits per heavy atom. The minimum atomic E-state index is -0.467. The average Bonchev–Trinajstić information content (AvgIpc) is 3.03. The zero-order valence-corrected chi connectivity index (χ0v) is 14.5. The van der Waals surface area contributed by atoms with Crippen LogP contribution >= 0.6 is 0 Å². The van der Waals surface area contributed by atoms with Gasteiger partial charge in [0, 0.05) is 25.2 Å². The molecular weight excluding hydrogens is 332 g/mol. The van der Waals surface area contributed by atoms with Crippen molar-refractivity contribution in [3.8, 4) is 0 Å². The van der Waals surface area contributed by atoms with E-state index in [0.717, 1.165) is 5.56 Å². The van der Waals surface area contributed by atoms with E-state index in [1.807, 2.05) is 30.3 Å². The molecule has 2 aromatic rings. The number of rotatable bonds is 5. The van der Waals surface area contributed by atoms with E-state index >= 15 is 0 Å². The van der Waals surface area contributed by atoms with Crippen molar-refractivity contribution < 1.29 is 19.1 Å². The molecular formula is C20H20N2O4. The molecule has 26 heavy (non-hydrogen) atoms. The minimum Gasteiger partial charge on any atom is -0.465 e. The number of nitrogens with one attached hydrogen (secondary N) is 1. The Morgan fingerprint density at radius 2 is 1.92 bits per heavy atom. The summed E-state index contributed by atoms with van der Waals surface area (Å²) in [6.07, 6.45) is 0.190. The Balaban J connectivity index is 1.62. The van der Waals surface area contributed by atoms with Crippen LogP contribution in [0.2, 0.25) is 0 Å². The Morgan fingerprint density at radius 1 is 1.15 bits per heavy atom. The van der Waals surface area contributed by atoms with E-state index in [1.54, 1.807) is 29.2 Å². The number of hydrogen-bond acceptors (Lipinski definition) is 4. The van der Waals surface area contributed by atoms with Crippen molar-refractivity contribution in [2.75, 3.05) is 19.0 Å². The molecule has 0 saturated carbocycles. The number of likely N-dealkylation sites (tertiary alicyclic amines) is 1. The number of nitrogens with zero attached hydrogens (tertiary/aromatic N) is 1. The van der Waals surface area contributed by atoms with E-state index < -0.39 is 11.9 Å². The third kappa shape index (κ3) is 4.08. The lowest BCUT2D eigenvalue weighted by atomic mass is 10.1. The van der Waals surface area contributed by atoms with Crippen LogP contribution in [0.3, 0.4) is 0 Å². The van der Waals surface area contributed by atoms with Crippen LogP contribution in [0.4, 0.5) is 5.69 Å². The zero-order valence-electron chi connectivity index (χ0n) is 14.5. The van der Waals surface area contributed by atoms with Gasteiger partial charge in [0.1, 0.15) is 0 Å². The summed E-state index contributed by atoms with van der Waals surface area (Å²) in [4.78, 5) is 38.0. The first-order chi connectivity index (χ1) is 12.6. The Kier molecular flexibility index (Phi) is 5.31. The zero-order chi connectivity index (χ0) is 18.5. The maximum absolute atomic E-state index is 12.5. The van der Waals surface area contributed by atoms with E-state index in [-0.39, 0.29) is 18.2 Å². The van der Waals surface area contributed by atoms with Crippen LogP contribution in [0.15, 0.2) is 54.6 Å². The summed E-state index contributed by atoms with van der Waals surface area (Å²) in [7, 11) is 1.30. The summed E-state index contributed by atoms with van der Waals surface area (Å²) in [6, 6.07) is 16.2. The molecule has 1 atom stereocenters. The summed E-state index contributed by atoms with van der Waals surface area (Å²) in [5, 5.41) is 2.78. The molecule has 1 aliphatic rings. The highest BCUT2D eigenvalue weighted by atomic mass is 16.5. The number of carbonyl (C=O) groups is 3. The number of carbonyl (C=O) groups excluding carboxylic acids is 3. The topological polar surface area (TPSA) is 75.7 Å². The molecule has 1 saturated heterocycles. The maximum atomic E-state index is 12.5. The van der Waals surface area contributed by atoms with Crippen molar-refractivity contribution in [1.82, 2.24) is 4.90 Å². The van der Waals surface area contributed by atoms with Gasteiger partial charge >= 0.3 is 5.97 Å². The van der Waals surface area contributed by atoms with Crippen LogP contribution < -0.4 is 5.32 Å². The molecule has 0 unspecified atom stereocenters. The van der Waals surface area contributed by atoms with Crippen LogP contribution in [0, 0.1) is 5.92 Å². The fraction of sp³-hybridized carbons (Fsp3) is 0.250. The van der Waals surface area contributed by atoms with Crippen molar-refractivity contribution in [3.63, 3.8) is 0 Å². The lowest BCUT2D eigenvalue weighted by Gasteiger charge is -2.16. The quantitative estimate of drug-likeness (QED) is 0.839. The highest BCUT2D eigenvalue weighted by molar-refractivity contribution is 5.98. The first-order valence-electron chi connectivity index (χ1n) is 8.38. The van der Waals surface area contributed by atoms with Crippen molar-refractivity contribution >= 4 is 23.5 Å². The lowest BCUT2D eigenvalue weighted by molar-refractivity contribution is -0.128. The molecule has 1 N–H and O–H groups in total. The van der Waals surface area contributed by atoms with E-state index in [4.69, 9.17) is 0 Å². The number of anilines is 1. The van der Waals surface area contributed by atoms with Crippen LogP contribution in [0.5, 0.6) is 0 Å². The van der Waals surface area contributed by atoms with Crippen molar-refractivity contribution in [3.05, 3.63) is 65.7 Å². The summed E-state index contributed by atoms with van der Waals surface area (Å²) in [5.74, 6) is -1.13. The first-order valence-corrected chi connectivity index (χ1v) is 8.38. The van der Waals surface area contributed by atoms with E-state index in [2.05, 4.69) is 10.1 Å². The third-order valence-corrected chi connectivity index (χ3v) is 4.35. The predicted octanol–water partition coefficient (Wildman–Crippen LogP) is 2.46. The Hall–Kier alpha value is -3.15. The Bertz CT molecular complexity index is 820. The average molecular weight is 352 g/mol. The monoisotopic (exact) mass is 352 g/mol. The second kappa shape index (κ2) is 7.82. The summed E-state index contributed by atoms with van der Waals surface area (Å²) in [5.41, 5.74) is 1.90. The molecule has 6 nitrogen and oxygen atoms in total. The molecule has 0 aromatic heterocycles. The van der Waals surface area contributed by atoms with E-state index in [0.29, 0.717) is 24.3 Å². The van der Waals surface area contributed by atoms with Gasteiger partial charge < -0.3 is 15.0 Å². The fourth-order valence-corrected chi connectivity index (χ4v) is 2.99. The molecule has 134 valence electrons. The van der Waals surface area contributed by atoms with Crippen LogP contribution in [-0.4, -0.2) is 36.3 Å². The van der Waals surface area contributed by atoms with Gasteiger partial charge in [0.25, 0.3) is 0 Å². The van der Waals surface area contributed by atoms with Crippen molar-refractivity contribution in [2.45, 2.75) is 13.0 Å². The first kappa shape index (κ1) is 17.7. The molecule has 6 heteroatoms. The third-order valence-electron chi connectivity index (χ3n) is 4.35. The standard InChI is InChI=1S/C20H20N2O4/c1-26-20(25)15-8-5-9-17(10-15)21-19(24)16-11-18(23)22(13-16)12-14-6-3-2-4-7-14/h2-10,16H,11-13H2,1H3,(H,21,24)/t16-/m0/s1. The smallest absolute Gasteiger partial charge is 0.337 e. The fourth-order valence-electron chi connectivity index (χ4n) is 2.99. The molecule has 1 fully saturated rings. The van der Waals surface area contributed by atoms with Gasteiger partial charge in [-0.3, -0.25) is 9.59 Å². The number of amides is 2. The summed E-state index contributed by atoms with van der Waals surface area (Å²) >= 11 is 0. The number of ether oxygens (including phenoxy) is 1. The number of methoxy groups -OCH3 is 1. The van der Waals surface area contributed by atoms with Gasteiger partial charge in [-0.25, -0.2) is 4.79 Å². The second-order valence-corrected chi connectivity index (χ2v) is 6.22. The minimum absolute atomic E-state index is 0.0303. The molecule has 2 amide bonds. The Labute approximate surface area is 151 Å². The largest absolute Gasteiger partial charge is 0.465 e. The molecule has 1 aliphatic heterocycles. The number of hydrogen-bond donors (Lipinski definition) is 1. The highest BCUT2D eigenvalue weighted by Crippen LogP contribution is 2.22. The van der Waals surface area contributed by atoms with E-state index in [1.165, 1.54) is 7.11 Å². The molecule has 0 aliphatic carbocycles.